The minimum atomic E-state index is -0.627. The van der Waals surface area contributed by atoms with E-state index in [0.717, 1.165) is 99.5 Å². The number of oxazole rings is 1. The molecular weight excluding hydrogens is 1430 g/mol. The highest BCUT2D eigenvalue weighted by atomic mass is 35.5. The Hall–Kier alpha value is -9.65. The van der Waals surface area contributed by atoms with Crippen molar-refractivity contribution in [1.29, 1.82) is 0 Å². The maximum Gasteiger partial charge on any atom is 0.283 e. The van der Waals surface area contributed by atoms with E-state index >= 15 is 0 Å². The maximum atomic E-state index is 10.7. The zero-order chi connectivity index (χ0) is 74.2. The lowest BCUT2D eigenvalue weighted by molar-refractivity contribution is 0.0598. The average molecular weight is 1510 g/mol. The Balaban J connectivity index is 0.000000130. The molecule has 0 spiro atoms. The summed E-state index contributed by atoms with van der Waals surface area (Å²) in [6, 6.07) is 55.7. The minimum absolute atomic E-state index is 0.172. The molecular formula is C85H86Cl2N8O12S. The molecule has 3 N–H and O–H groups in total. The van der Waals surface area contributed by atoms with Crippen molar-refractivity contribution in [3.8, 4) is 63.5 Å². The van der Waals surface area contributed by atoms with Gasteiger partial charge in [0.05, 0.1) is 32.4 Å². The average Bonchev–Trinajstić information content (AvgIpc) is 1.66. The van der Waals surface area contributed by atoms with E-state index in [1.54, 1.807) is 20.0 Å². The molecule has 0 bridgehead atoms. The quantitative estimate of drug-likeness (QED) is 0.0571. The van der Waals surface area contributed by atoms with Crippen LogP contribution in [-0.4, -0.2) is 152 Å². The van der Waals surface area contributed by atoms with Crippen molar-refractivity contribution in [2.24, 2.45) is 0 Å². The van der Waals surface area contributed by atoms with Crippen LogP contribution in [0.4, 0.5) is 0 Å². The third-order valence-electron chi connectivity index (χ3n) is 20.5. The van der Waals surface area contributed by atoms with Crippen molar-refractivity contribution in [2.75, 3.05) is 78.7 Å². The van der Waals surface area contributed by atoms with Gasteiger partial charge in [-0.25, -0.2) is 4.98 Å². The molecule has 3 aliphatic heterocycles. The van der Waals surface area contributed by atoms with E-state index in [1.165, 1.54) is 37.2 Å². The van der Waals surface area contributed by atoms with Crippen LogP contribution in [-0.2, 0) is 0 Å². The first-order valence-corrected chi connectivity index (χ1v) is 38.5. The van der Waals surface area contributed by atoms with Crippen LogP contribution in [0.25, 0.3) is 89.3 Å². The monoisotopic (exact) mass is 1510 g/mol. The lowest BCUT2D eigenvalue weighted by Gasteiger charge is -2.33. The number of hydrogen-bond acceptors (Lipinski definition) is 21. The topological polar surface area (TPSA) is 241 Å². The number of thiophene rings is 1. The second-order valence-electron chi connectivity index (χ2n) is 28.3. The van der Waals surface area contributed by atoms with E-state index < -0.39 is 18.3 Å². The Morgan fingerprint density at radius 2 is 0.907 bits per heavy atom. The standard InChI is InChI=1S/C30H27Cl2N3O4.C28H32N2O4.C27H27N3O4S/c31-24-10-9-21(15-25(24)32)19-11-13-35(14-12-19)17-22(36)18-37-26-7-4-8-27-23(26)16-28(38-27)30-34-33-29(39-30)20-5-2-1-3-6-20;1-18-7-8-22(13-19(18)2)21-9-11-30(12-10-21)16-23(31)17-32-25-5-4-6-26-24(25)14-27(34-26)28-15-29-20(3)33-28;1-17-28-29-27(33-17)24-14-21-22(6-4-7-23(21)34-24)32-16-20(31)15-30-11-9-18(10-12-30)26-13-19-5-2-3-8-25(19)35-26/h1-10,15-16,19,22,36H,11-14,17-18H2;4-8,13-15,21,23,31H,9-12,16-17H2,1-3H3;2-8,13-14,18,20,31H,9-12,15-16H2,1H3/t22-;23-;20-/m000/s1. The predicted octanol–water partition coefficient (Wildman–Crippen LogP) is 18.3. The highest BCUT2D eigenvalue weighted by Crippen LogP contribution is 2.41. The number of benzene rings is 7. The SMILES string of the molecule is Cc1ncc(-c2cc3c(OC[C@@H](O)CN4CCC(c5ccc(C)c(C)c5)CC4)cccc3o2)o1.Cc1nnc(-c2cc3c(OC[C@@H](O)CN4CCC(c5cc6ccccc6s5)CC4)cccc3o2)o1.O[C@H](COc1cccc2oc(-c3nnc(-c4ccccc4)o3)cc12)CN1CCC(c2ccc(Cl)c(Cl)c2)CC1. The number of nitrogens with zero attached hydrogens (tertiary/aromatic N) is 8. The van der Waals surface area contributed by atoms with Gasteiger partial charge in [-0.3, -0.25) is 0 Å². The first-order valence-electron chi connectivity index (χ1n) is 36.9. The molecule has 558 valence electrons. The van der Waals surface area contributed by atoms with E-state index in [1.807, 2.05) is 127 Å². The molecule has 7 aromatic heterocycles. The summed E-state index contributed by atoms with van der Waals surface area (Å²) in [6.07, 6.45) is 6.38. The molecule has 10 heterocycles. The Morgan fingerprint density at radius 1 is 0.426 bits per heavy atom. The predicted molar refractivity (Wildman–Crippen MR) is 420 cm³/mol. The number of aryl methyl sites for hydroxylation is 4. The van der Waals surface area contributed by atoms with Gasteiger partial charge >= 0.3 is 0 Å². The van der Waals surface area contributed by atoms with Crippen molar-refractivity contribution < 1.29 is 56.0 Å². The minimum Gasteiger partial charge on any atom is -0.490 e. The molecule has 17 rings (SSSR count). The van der Waals surface area contributed by atoms with Crippen molar-refractivity contribution in [2.45, 2.75) is 102 Å². The molecule has 0 aliphatic carbocycles. The highest BCUT2D eigenvalue weighted by molar-refractivity contribution is 7.19. The Bertz CT molecular complexity index is 5280. The molecule has 0 amide bonds. The van der Waals surface area contributed by atoms with Crippen LogP contribution < -0.4 is 14.2 Å². The van der Waals surface area contributed by atoms with Gasteiger partial charge in [0.2, 0.25) is 11.8 Å². The normalized spacial score (nSPS) is 16.0. The van der Waals surface area contributed by atoms with E-state index in [-0.39, 0.29) is 19.8 Å². The van der Waals surface area contributed by atoms with Gasteiger partial charge in [-0.1, -0.05) is 102 Å². The molecule has 0 saturated carbocycles. The smallest absolute Gasteiger partial charge is 0.283 e. The number of aliphatic hydroxyl groups excluding tert-OH is 3. The van der Waals surface area contributed by atoms with Gasteiger partial charge < -0.3 is 70.7 Å². The number of likely N-dealkylation sites (tertiary alicyclic amines) is 3. The number of rotatable bonds is 22. The van der Waals surface area contributed by atoms with Gasteiger partial charge in [-0.15, -0.1) is 31.7 Å². The van der Waals surface area contributed by atoms with Crippen LogP contribution in [0.15, 0.2) is 203 Å². The summed E-state index contributed by atoms with van der Waals surface area (Å²) >= 11 is 14.2. The molecule has 108 heavy (non-hydrogen) atoms. The van der Waals surface area contributed by atoms with E-state index in [4.69, 9.17) is 63.9 Å². The summed E-state index contributed by atoms with van der Waals surface area (Å²) < 4.78 is 54.0. The van der Waals surface area contributed by atoms with Crippen LogP contribution in [0.3, 0.4) is 0 Å². The number of β-amino-alcohol motifs (C(OH)–C–C–N with tert-alkyl or cyclic N) is 3. The van der Waals surface area contributed by atoms with Crippen LogP contribution in [0.2, 0.25) is 10.0 Å². The summed E-state index contributed by atoms with van der Waals surface area (Å²) in [7, 11) is 0. The fourth-order valence-electron chi connectivity index (χ4n) is 14.6. The Kier molecular flexibility index (Phi) is 23.2. The fourth-order valence-corrected chi connectivity index (χ4v) is 16.1. The Morgan fingerprint density at radius 3 is 1.42 bits per heavy atom. The van der Waals surface area contributed by atoms with Gasteiger partial charge in [0, 0.05) is 60.8 Å². The first kappa shape index (κ1) is 73.8. The van der Waals surface area contributed by atoms with Gasteiger partial charge in [-0.05, 0) is 216 Å². The van der Waals surface area contributed by atoms with Gasteiger partial charge in [0.25, 0.3) is 11.8 Å². The number of aliphatic hydroxyl groups is 3. The third kappa shape index (κ3) is 17.9. The molecule has 0 unspecified atom stereocenters. The van der Waals surface area contributed by atoms with Gasteiger partial charge in [-0.2, -0.15) is 0 Å². The number of hydrogen-bond donors (Lipinski definition) is 3. The Labute approximate surface area is 639 Å². The summed E-state index contributed by atoms with van der Waals surface area (Å²) in [5.74, 6) is 7.91. The van der Waals surface area contributed by atoms with E-state index in [9.17, 15) is 15.3 Å². The second kappa shape index (κ2) is 33.9. The van der Waals surface area contributed by atoms with Gasteiger partial charge in [0.1, 0.15) is 72.1 Å². The van der Waals surface area contributed by atoms with Crippen molar-refractivity contribution in [3.63, 3.8) is 0 Å². The first-order chi connectivity index (χ1) is 52.6. The van der Waals surface area contributed by atoms with Crippen molar-refractivity contribution in [3.05, 3.63) is 225 Å². The number of aromatic nitrogens is 5. The van der Waals surface area contributed by atoms with Crippen LogP contribution in [0, 0.1) is 27.7 Å². The number of piperidine rings is 3. The van der Waals surface area contributed by atoms with E-state index in [0.29, 0.717) is 134 Å². The van der Waals surface area contributed by atoms with E-state index in [2.05, 4.69) is 109 Å². The van der Waals surface area contributed by atoms with Crippen LogP contribution >= 0.6 is 34.5 Å². The van der Waals surface area contributed by atoms with Crippen molar-refractivity contribution >= 4 is 77.5 Å². The molecule has 3 saturated heterocycles. The second-order valence-corrected chi connectivity index (χ2v) is 30.2. The van der Waals surface area contributed by atoms with Crippen LogP contribution in [0.1, 0.15) is 95.2 Å². The zero-order valence-electron chi connectivity index (χ0n) is 60.7. The molecule has 20 nitrogen and oxygen atoms in total. The molecule has 14 aromatic rings. The number of halogens is 2. The fraction of sp³-hybridized carbons (Fsp3) is 0.329. The molecule has 3 fully saturated rings. The zero-order valence-corrected chi connectivity index (χ0v) is 63.0. The largest absolute Gasteiger partial charge is 0.490 e. The van der Waals surface area contributed by atoms with Gasteiger partial charge in [0.15, 0.2) is 28.9 Å². The molecule has 0 radical (unpaired) electrons. The molecule has 23 heteroatoms. The molecule has 3 aliphatic rings. The summed E-state index contributed by atoms with van der Waals surface area (Å²) in [4.78, 5) is 12.6. The molecule has 3 atom stereocenters. The lowest BCUT2D eigenvalue weighted by atomic mass is 9.88. The number of ether oxygens (including phenoxy) is 3. The maximum absolute atomic E-state index is 10.7. The lowest BCUT2D eigenvalue weighted by Crippen LogP contribution is -2.40. The highest BCUT2D eigenvalue weighted by Gasteiger charge is 2.28. The summed E-state index contributed by atoms with van der Waals surface area (Å²) in [5.41, 5.74) is 8.24. The third-order valence-corrected chi connectivity index (χ3v) is 22.6. The number of fused-ring (bicyclic) bond motifs is 4. The molecule has 7 aromatic carbocycles. The van der Waals surface area contributed by atoms with Crippen LogP contribution in [0.5, 0.6) is 17.2 Å². The summed E-state index contributed by atoms with van der Waals surface area (Å²) in [5, 5.41) is 53.2. The van der Waals surface area contributed by atoms with Crippen molar-refractivity contribution in [1.82, 2.24) is 40.1 Å². The summed E-state index contributed by atoms with van der Waals surface area (Å²) in [6.45, 7) is 16.0. The number of furan rings is 3.